The highest BCUT2D eigenvalue weighted by Gasteiger charge is 2.15. The van der Waals surface area contributed by atoms with Crippen LogP contribution in [0.15, 0.2) is 24.3 Å². The van der Waals surface area contributed by atoms with Crippen LogP contribution in [0.1, 0.15) is 29.6 Å². The van der Waals surface area contributed by atoms with Crippen LogP contribution in [0.5, 0.6) is 0 Å². The summed E-state index contributed by atoms with van der Waals surface area (Å²) in [5.74, 6) is -0.285. The van der Waals surface area contributed by atoms with Crippen molar-refractivity contribution < 1.29 is 9.53 Å². The first kappa shape index (κ1) is 13.9. The Morgan fingerprint density at radius 1 is 1.53 bits per heavy atom. The Labute approximate surface area is 114 Å². The number of nitrogens with zero attached hydrogens (tertiary/aromatic N) is 1. The summed E-state index contributed by atoms with van der Waals surface area (Å²) in [6.07, 6.45) is 3.70. The van der Waals surface area contributed by atoms with Crippen molar-refractivity contribution >= 4 is 11.7 Å². The number of hydrogen-bond donors (Lipinski definition) is 1. The maximum atomic E-state index is 11.5. The van der Waals surface area contributed by atoms with Gasteiger partial charge < -0.3 is 15.0 Å². The van der Waals surface area contributed by atoms with Gasteiger partial charge in [0, 0.05) is 25.3 Å². The van der Waals surface area contributed by atoms with Gasteiger partial charge in [0.25, 0.3) is 0 Å². The van der Waals surface area contributed by atoms with Crippen LogP contribution in [-0.4, -0.2) is 39.3 Å². The maximum absolute atomic E-state index is 11.5. The summed E-state index contributed by atoms with van der Waals surface area (Å²) < 4.78 is 4.74. The molecule has 4 heteroatoms. The van der Waals surface area contributed by atoms with E-state index >= 15 is 0 Å². The Balaban J connectivity index is 1.94. The van der Waals surface area contributed by atoms with Crippen molar-refractivity contribution in [2.45, 2.75) is 25.3 Å². The summed E-state index contributed by atoms with van der Waals surface area (Å²) in [5, 5.41) is 3.50. The minimum Gasteiger partial charge on any atom is -0.465 e. The molecule has 0 bridgehead atoms. The van der Waals surface area contributed by atoms with Gasteiger partial charge in [-0.1, -0.05) is 6.07 Å². The number of rotatable bonds is 5. The summed E-state index contributed by atoms with van der Waals surface area (Å²) in [7, 11) is 3.47. The first-order valence-electron chi connectivity index (χ1n) is 6.83. The second kappa shape index (κ2) is 6.57. The molecule has 1 aromatic rings. The average Bonchev–Trinajstić information content (AvgIpc) is 2.97. The minimum absolute atomic E-state index is 0.285. The normalized spacial score (nSPS) is 18.3. The molecule has 1 unspecified atom stereocenters. The van der Waals surface area contributed by atoms with Gasteiger partial charge in [-0.25, -0.2) is 4.79 Å². The zero-order chi connectivity index (χ0) is 13.7. The molecule has 0 spiro atoms. The van der Waals surface area contributed by atoms with Crippen molar-refractivity contribution in [3.8, 4) is 0 Å². The molecular weight excluding hydrogens is 240 g/mol. The van der Waals surface area contributed by atoms with E-state index in [1.807, 2.05) is 18.2 Å². The Morgan fingerprint density at radius 3 is 3.05 bits per heavy atom. The van der Waals surface area contributed by atoms with E-state index in [-0.39, 0.29) is 5.97 Å². The van der Waals surface area contributed by atoms with Gasteiger partial charge in [-0.3, -0.25) is 0 Å². The van der Waals surface area contributed by atoms with Crippen LogP contribution in [0.25, 0.3) is 0 Å². The molecule has 0 saturated carbocycles. The molecule has 0 radical (unpaired) electrons. The van der Waals surface area contributed by atoms with Gasteiger partial charge in [0.1, 0.15) is 0 Å². The van der Waals surface area contributed by atoms with Gasteiger partial charge in [-0.15, -0.1) is 0 Å². The molecule has 1 aliphatic rings. The summed E-state index contributed by atoms with van der Waals surface area (Å²) in [5.41, 5.74) is 1.66. The number of benzene rings is 1. The summed E-state index contributed by atoms with van der Waals surface area (Å²) >= 11 is 0. The Hall–Kier alpha value is -1.55. The number of hydrogen-bond acceptors (Lipinski definition) is 4. The molecule has 0 amide bonds. The fourth-order valence-corrected chi connectivity index (χ4v) is 2.47. The third-order valence-electron chi connectivity index (χ3n) is 3.68. The van der Waals surface area contributed by atoms with Crippen molar-refractivity contribution in [3.63, 3.8) is 0 Å². The third kappa shape index (κ3) is 3.70. The van der Waals surface area contributed by atoms with Crippen molar-refractivity contribution in [2.24, 2.45) is 0 Å². The third-order valence-corrected chi connectivity index (χ3v) is 3.68. The van der Waals surface area contributed by atoms with E-state index in [0.29, 0.717) is 11.6 Å². The lowest BCUT2D eigenvalue weighted by atomic mass is 10.1. The van der Waals surface area contributed by atoms with Crippen molar-refractivity contribution in [1.29, 1.82) is 0 Å². The minimum atomic E-state index is -0.285. The first-order chi connectivity index (χ1) is 9.20. The molecule has 0 aromatic heterocycles. The van der Waals surface area contributed by atoms with E-state index in [1.165, 1.54) is 20.0 Å². The molecule has 1 N–H and O–H groups in total. The molecule has 1 aliphatic heterocycles. The Bertz CT molecular complexity index is 428. The van der Waals surface area contributed by atoms with Crippen molar-refractivity contribution in [3.05, 3.63) is 29.8 Å². The number of methoxy groups -OCH3 is 1. The molecular formula is C15H22N2O2. The van der Waals surface area contributed by atoms with E-state index < -0.39 is 0 Å². The molecule has 1 aromatic carbocycles. The smallest absolute Gasteiger partial charge is 0.337 e. The molecule has 1 atom stereocenters. The quantitative estimate of drug-likeness (QED) is 0.825. The highest BCUT2D eigenvalue weighted by molar-refractivity contribution is 5.90. The summed E-state index contributed by atoms with van der Waals surface area (Å²) in [6, 6.07) is 8.22. The predicted molar refractivity (Wildman–Crippen MR) is 76.7 cm³/mol. The zero-order valence-electron chi connectivity index (χ0n) is 11.7. The van der Waals surface area contributed by atoms with E-state index in [1.54, 1.807) is 6.07 Å². The predicted octanol–water partition coefficient (Wildman–Crippen LogP) is 2.05. The van der Waals surface area contributed by atoms with Gasteiger partial charge in [0.2, 0.25) is 0 Å². The highest BCUT2D eigenvalue weighted by atomic mass is 16.5. The van der Waals surface area contributed by atoms with Crippen LogP contribution in [-0.2, 0) is 4.74 Å². The second-order valence-electron chi connectivity index (χ2n) is 5.05. The van der Waals surface area contributed by atoms with Gasteiger partial charge in [0.15, 0.2) is 0 Å². The lowest BCUT2D eigenvalue weighted by molar-refractivity contribution is 0.0601. The number of esters is 1. The monoisotopic (exact) mass is 262 g/mol. The summed E-state index contributed by atoms with van der Waals surface area (Å²) in [6.45, 7) is 2.13. The number of anilines is 1. The fourth-order valence-electron chi connectivity index (χ4n) is 2.47. The van der Waals surface area contributed by atoms with Crippen molar-refractivity contribution in [1.82, 2.24) is 5.32 Å². The molecule has 2 rings (SSSR count). The van der Waals surface area contributed by atoms with Crippen molar-refractivity contribution in [2.75, 3.05) is 32.1 Å². The molecule has 0 aliphatic carbocycles. The number of carbonyl (C=O) groups is 1. The van der Waals surface area contributed by atoms with E-state index in [0.717, 1.165) is 25.2 Å². The average molecular weight is 262 g/mol. The Kier molecular flexibility index (Phi) is 4.80. The lowest BCUT2D eigenvalue weighted by Gasteiger charge is -2.21. The van der Waals surface area contributed by atoms with Crippen LogP contribution in [0.3, 0.4) is 0 Å². The number of nitrogens with one attached hydrogen (secondary N) is 1. The SMILES string of the molecule is COC(=O)c1cccc(N(C)CCC2CCCN2)c1. The fraction of sp³-hybridized carbons (Fsp3) is 0.533. The van der Waals surface area contributed by atoms with Gasteiger partial charge >= 0.3 is 5.97 Å². The van der Waals surface area contributed by atoms with Crippen LogP contribution >= 0.6 is 0 Å². The van der Waals surface area contributed by atoms with Gasteiger partial charge in [-0.2, -0.15) is 0 Å². The first-order valence-corrected chi connectivity index (χ1v) is 6.83. The van der Waals surface area contributed by atoms with Gasteiger partial charge in [-0.05, 0) is 44.0 Å². The Morgan fingerprint density at radius 2 is 2.37 bits per heavy atom. The second-order valence-corrected chi connectivity index (χ2v) is 5.05. The molecule has 104 valence electrons. The largest absolute Gasteiger partial charge is 0.465 e. The molecule has 1 fully saturated rings. The van der Waals surface area contributed by atoms with Gasteiger partial charge in [0.05, 0.1) is 12.7 Å². The van der Waals surface area contributed by atoms with Crippen LogP contribution in [0.4, 0.5) is 5.69 Å². The maximum Gasteiger partial charge on any atom is 0.337 e. The summed E-state index contributed by atoms with van der Waals surface area (Å²) in [4.78, 5) is 13.7. The van der Waals surface area contributed by atoms with E-state index in [2.05, 4.69) is 17.3 Å². The number of carbonyl (C=O) groups excluding carboxylic acids is 1. The van der Waals surface area contributed by atoms with Crippen LogP contribution < -0.4 is 10.2 Å². The van der Waals surface area contributed by atoms with E-state index in [4.69, 9.17) is 4.74 Å². The zero-order valence-corrected chi connectivity index (χ0v) is 11.7. The molecule has 1 saturated heterocycles. The highest BCUT2D eigenvalue weighted by Crippen LogP contribution is 2.17. The van der Waals surface area contributed by atoms with Crippen LogP contribution in [0, 0.1) is 0 Å². The number of ether oxygens (including phenoxy) is 1. The van der Waals surface area contributed by atoms with E-state index in [9.17, 15) is 4.79 Å². The molecule has 1 heterocycles. The van der Waals surface area contributed by atoms with Crippen LogP contribution in [0.2, 0.25) is 0 Å². The molecule has 4 nitrogen and oxygen atoms in total. The lowest BCUT2D eigenvalue weighted by Crippen LogP contribution is -2.28. The topological polar surface area (TPSA) is 41.6 Å². The standard InChI is InChI=1S/C15H22N2O2/c1-17(10-8-13-6-4-9-16-13)14-7-3-5-12(11-14)15(18)19-2/h3,5,7,11,13,16H,4,6,8-10H2,1-2H3. The molecule has 19 heavy (non-hydrogen) atoms.